The van der Waals surface area contributed by atoms with Crippen LogP contribution in [0.4, 0.5) is 11.4 Å². The van der Waals surface area contributed by atoms with Crippen molar-refractivity contribution < 1.29 is 4.79 Å². The highest BCUT2D eigenvalue weighted by atomic mass is 35.5. The molecule has 20 heavy (non-hydrogen) atoms. The summed E-state index contributed by atoms with van der Waals surface area (Å²) in [5, 5.41) is 0.705. The van der Waals surface area contributed by atoms with E-state index in [0.717, 1.165) is 17.7 Å². The van der Waals surface area contributed by atoms with Crippen molar-refractivity contribution in [2.24, 2.45) is 0 Å². The molecule has 1 aliphatic heterocycles. The molecule has 2 aromatic carbocycles. The SMILES string of the molecule is Nc1cccc2c1N(C(=O)c1c(Cl)cccc1Cl)CC2. The first-order valence-electron chi connectivity index (χ1n) is 6.23. The van der Waals surface area contributed by atoms with Gasteiger partial charge < -0.3 is 10.6 Å². The Morgan fingerprint density at radius 3 is 2.45 bits per heavy atom. The number of hydrogen-bond acceptors (Lipinski definition) is 2. The molecule has 1 heterocycles. The monoisotopic (exact) mass is 306 g/mol. The van der Waals surface area contributed by atoms with Crippen molar-refractivity contribution in [3.8, 4) is 0 Å². The fraction of sp³-hybridized carbons (Fsp3) is 0.133. The minimum Gasteiger partial charge on any atom is -0.397 e. The molecule has 2 aromatic rings. The number of nitrogens with zero attached hydrogens (tertiary/aromatic N) is 1. The van der Waals surface area contributed by atoms with Gasteiger partial charge in [0.15, 0.2) is 0 Å². The van der Waals surface area contributed by atoms with E-state index < -0.39 is 0 Å². The summed E-state index contributed by atoms with van der Waals surface area (Å²) in [6.07, 6.45) is 0.786. The van der Waals surface area contributed by atoms with Crippen molar-refractivity contribution in [2.75, 3.05) is 17.2 Å². The van der Waals surface area contributed by atoms with Crippen LogP contribution in [0, 0.1) is 0 Å². The van der Waals surface area contributed by atoms with Gasteiger partial charge in [-0.1, -0.05) is 41.4 Å². The molecule has 5 heteroatoms. The van der Waals surface area contributed by atoms with E-state index in [9.17, 15) is 4.79 Å². The molecule has 0 fully saturated rings. The van der Waals surface area contributed by atoms with Crippen molar-refractivity contribution >= 4 is 40.5 Å². The smallest absolute Gasteiger partial charge is 0.261 e. The van der Waals surface area contributed by atoms with Gasteiger partial charge in [-0.25, -0.2) is 0 Å². The molecule has 0 aromatic heterocycles. The van der Waals surface area contributed by atoms with Crippen molar-refractivity contribution in [1.29, 1.82) is 0 Å². The zero-order valence-electron chi connectivity index (χ0n) is 10.6. The van der Waals surface area contributed by atoms with Crippen molar-refractivity contribution in [3.63, 3.8) is 0 Å². The lowest BCUT2D eigenvalue weighted by molar-refractivity contribution is 0.0990. The third-order valence-electron chi connectivity index (χ3n) is 3.45. The molecule has 1 aliphatic rings. The molecule has 0 radical (unpaired) electrons. The van der Waals surface area contributed by atoms with Gasteiger partial charge >= 0.3 is 0 Å². The molecular formula is C15H12Cl2N2O. The Morgan fingerprint density at radius 1 is 1.10 bits per heavy atom. The summed E-state index contributed by atoms with van der Waals surface area (Å²) in [6, 6.07) is 10.7. The van der Waals surface area contributed by atoms with Crippen LogP contribution < -0.4 is 10.6 Å². The first-order valence-corrected chi connectivity index (χ1v) is 6.98. The number of rotatable bonds is 1. The predicted octanol–water partition coefficient (Wildman–Crippen LogP) is 3.78. The van der Waals surface area contributed by atoms with Crippen LogP contribution in [0.5, 0.6) is 0 Å². The summed E-state index contributed by atoms with van der Waals surface area (Å²) in [5.41, 5.74) is 8.76. The van der Waals surface area contributed by atoms with Crippen LogP contribution >= 0.6 is 23.2 Å². The van der Waals surface area contributed by atoms with Crippen LogP contribution in [0.3, 0.4) is 0 Å². The average molecular weight is 307 g/mol. The number of benzene rings is 2. The lowest BCUT2D eigenvalue weighted by Crippen LogP contribution is -2.30. The number of para-hydroxylation sites is 1. The Morgan fingerprint density at radius 2 is 1.75 bits per heavy atom. The third kappa shape index (κ3) is 2.03. The van der Waals surface area contributed by atoms with Crippen LogP contribution in [0.2, 0.25) is 10.0 Å². The summed E-state index contributed by atoms with van der Waals surface area (Å²) < 4.78 is 0. The highest BCUT2D eigenvalue weighted by Crippen LogP contribution is 2.36. The number of fused-ring (bicyclic) bond motifs is 1. The number of amides is 1. The van der Waals surface area contributed by atoms with E-state index in [-0.39, 0.29) is 5.91 Å². The van der Waals surface area contributed by atoms with Crippen molar-refractivity contribution in [3.05, 3.63) is 57.6 Å². The fourth-order valence-electron chi connectivity index (χ4n) is 2.53. The number of carbonyl (C=O) groups excluding carboxylic acids is 1. The van der Waals surface area contributed by atoms with E-state index in [2.05, 4.69) is 0 Å². The second-order valence-corrected chi connectivity index (χ2v) is 5.47. The maximum Gasteiger partial charge on any atom is 0.261 e. The topological polar surface area (TPSA) is 46.3 Å². The molecule has 2 N–H and O–H groups in total. The Bertz CT molecular complexity index is 680. The number of nitrogen functional groups attached to an aromatic ring is 1. The minimum absolute atomic E-state index is 0.211. The molecule has 102 valence electrons. The van der Waals surface area contributed by atoms with E-state index in [4.69, 9.17) is 28.9 Å². The van der Waals surface area contributed by atoms with E-state index in [1.165, 1.54) is 0 Å². The normalized spacial score (nSPS) is 13.4. The molecule has 0 unspecified atom stereocenters. The Kier molecular flexibility index (Phi) is 3.32. The van der Waals surface area contributed by atoms with Crippen LogP contribution in [0.1, 0.15) is 15.9 Å². The van der Waals surface area contributed by atoms with Gasteiger partial charge in [0.1, 0.15) is 0 Å². The summed E-state index contributed by atoms with van der Waals surface area (Å²) >= 11 is 12.2. The largest absolute Gasteiger partial charge is 0.397 e. The first-order chi connectivity index (χ1) is 9.59. The summed E-state index contributed by atoms with van der Waals surface area (Å²) in [6.45, 7) is 0.587. The predicted molar refractivity (Wildman–Crippen MR) is 82.7 cm³/mol. The number of halogens is 2. The minimum atomic E-state index is -0.211. The Hall–Kier alpha value is -1.71. The van der Waals surface area contributed by atoms with Crippen LogP contribution in [-0.4, -0.2) is 12.5 Å². The third-order valence-corrected chi connectivity index (χ3v) is 4.08. The average Bonchev–Trinajstić information content (AvgIpc) is 2.83. The lowest BCUT2D eigenvalue weighted by Gasteiger charge is -2.20. The zero-order valence-corrected chi connectivity index (χ0v) is 12.1. The molecule has 0 saturated carbocycles. The van der Waals surface area contributed by atoms with E-state index in [0.29, 0.717) is 27.8 Å². The quantitative estimate of drug-likeness (QED) is 0.815. The number of nitrogens with two attached hydrogens (primary N) is 1. The zero-order chi connectivity index (χ0) is 14.3. The summed E-state index contributed by atoms with van der Waals surface area (Å²) in [5.74, 6) is -0.211. The molecule has 0 bridgehead atoms. The molecule has 3 nitrogen and oxygen atoms in total. The molecule has 3 rings (SSSR count). The maximum atomic E-state index is 12.7. The molecular weight excluding hydrogens is 295 g/mol. The van der Waals surface area contributed by atoms with Gasteiger partial charge in [-0.15, -0.1) is 0 Å². The van der Waals surface area contributed by atoms with Crippen LogP contribution in [-0.2, 0) is 6.42 Å². The number of anilines is 2. The van der Waals surface area contributed by atoms with Gasteiger partial charge in [-0.3, -0.25) is 4.79 Å². The lowest BCUT2D eigenvalue weighted by atomic mass is 10.1. The van der Waals surface area contributed by atoms with Crippen molar-refractivity contribution in [1.82, 2.24) is 0 Å². The Labute approximate surface area is 126 Å². The van der Waals surface area contributed by atoms with Gasteiger partial charge in [0.25, 0.3) is 5.91 Å². The fourth-order valence-corrected chi connectivity index (χ4v) is 3.09. The number of hydrogen-bond donors (Lipinski definition) is 1. The van der Waals surface area contributed by atoms with Crippen LogP contribution in [0.15, 0.2) is 36.4 Å². The maximum absolute atomic E-state index is 12.7. The van der Waals surface area contributed by atoms with E-state index in [1.54, 1.807) is 29.2 Å². The van der Waals surface area contributed by atoms with Gasteiger partial charge in [0.05, 0.1) is 27.0 Å². The highest BCUT2D eigenvalue weighted by molar-refractivity contribution is 6.40. The van der Waals surface area contributed by atoms with E-state index >= 15 is 0 Å². The molecule has 1 amide bonds. The summed E-state index contributed by atoms with van der Waals surface area (Å²) in [7, 11) is 0. The van der Waals surface area contributed by atoms with Crippen molar-refractivity contribution in [2.45, 2.75) is 6.42 Å². The van der Waals surface area contributed by atoms with Gasteiger partial charge in [0, 0.05) is 6.54 Å². The first kappa shape index (κ1) is 13.3. The Balaban J connectivity index is 2.07. The van der Waals surface area contributed by atoms with Gasteiger partial charge in [-0.2, -0.15) is 0 Å². The number of carbonyl (C=O) groups is 1. The molecule has 0 aliphatic carbocycles. The molecule has 0 atom stereocenters. The van der Waals surface area contributed by atoms with Gasteiger partial charge in [-0.05, 0) is 30.2 Å². The second kappa shape index (κ2) is 5.00. The van der Waals surface area contributed by atoms with Crippen LogP contribution in [0.25, 0.3) is 0 Å². The molecule has 0 saturated heterocycles. The van der Waals surface area contributed by atoms with Gasteiger partial charge in [0.2, 0.25) is 0 Å². The standard InChI is InChI=1S/C15H12Cl2N2O/c16-10-4-2-5-11(17)13(10)15(20)19-8-7-9-3-1-6-12(18)14(9)19/h1-6H,7-8,18H2. The molecule has 0 spiro atoms. The highest BCUT2D eigenvalue weighted by Gasteiger charge is 2.29. The summed E-state index contributed by atoms with van der Waals surface area (Å²) in [4.78, 5) is 14.4. The van der Waals surface area contributed by atoms with E-state index in [1.807, 2.05) is 12.1 Å². The second-order valence-electron chi connectivity index (χ2n) is 4.66.